The van der Waals surface area contributed by atoms with E-state index < -0.39 is 59.8 Å². The minimum absolute atomic E-state index is 0.162. The van der Waals surface area contributed by atoms with E-state index in [0.29, 0.717) is 45.4 Å². The van der Waals surface area contributed by atoms with Gasteiger partial charge in [-0.1, -0.05) is 161 Å². The summed E-state index contributed by atoms with van der Waals surface area (Å²) < 4.78 is 12.3. The number of nitrogens with one attached hydrogen (secondary N) is 2. The van der Waals surface area contributed by atoms with Gasteiger partial charge in [0.1, 0.15) is 18.0 Å². The molecular formula is C52H64Cl2N4O6. The van der Waals surface area contributed by atoms with Gasteiger partial charge in [0.2, 0.25) is 11.8 Å². The first-order valence-corrected chi connectivity index (χ1v) is 23.9. The fourth-order valence-electron chi connectivity index (χ4n) is 9.05. The molecule has 2 heterocycles. The van der Waals surface area contributed by atoms with E-state index in [9.17, 15) is 4.79 Å². The third-order valence-electron chi connectivity index (χ3n) is 12.4. The quantitative estimate of drug-likeness (QED) is 0.0591. The van der Waals surface area contributed by atoms with Crippen LogP contribution in [0, 0.1) is 25.7 Å². The first kappa shape index (κ1) is 48.7. The number of anilines is 2. The lowest BCUT2D eigenvalue weighted by Gasteiger charge is -2.33. The van der Waals surface area contributed by atoms with Crippen molar-refractivity contribution < 1.29 is 28.7 Å². The van der Waals surface area contributed by atoms with Crippen molar-refractivity contribution in [3.8, 4) is 0 Å². The zero-order valence-corrected chi connectivity index (χ0v) is 39.2. The lowest BCUT2D eigenvalue weighted by molar-refractivity contribution is -0.158. The predicted molar refractivity (Wildman–Crippen MR) is 255 cm³/mol. The highest BCUT2D eigenvalue weighted by molar-refractivity contribution is 6.31. The van der Waals surface area contributed by atoms with Crippen LogP contribution in [0.25, 0.3) is 0 Å². The smallest absolute Gasteiger partial charge is 0.325 e. The fraction of sp³-hybridized carbons (Fsp3) is 0.462. The first-order valence-electron chi connectivity index (χ1n) is 23.2. The van der Waals surface area contributed by atoms with Gasteiger partial charge in [-0.15, -0.1) is 0 Å². The van der Waals surface area contributed by atoms with Crippen LogP contribution in [-0.2, 0) is 28.7 Å². The maximum atomic E-state index is 15.2. The molecule has 12 heteroatoms. The normalized spacial score (nSPS) is 20.7. The second-order valence-electron chi connectivity index (χ2n) is 17.3. The van der Waals surface area contributed by atoms with Gasteiger partial charge in [-0.3, -0.25) is 19.2 Å². The zero-order valence-electron chi connectivity index (χ0n) is 37.7. The van der Waals surface area contributed by atoms with Gasteiger partial charge in [0.25, 0.3) is 0 Å². The largest absolute Gasteiger partial charge is 0.465 e. The summed E-state index contributed by atoms with van der Waals surface area (Å²) in [7, 11) is 0. The molecule has 2 N–H and O–H groups in total. The fourth-order valence-corrected chi connectivity index (χ4v) is 9.31. The molecule has 0 saturated carbocycles. The van der Waals surface area contributed by atoms with Gasteiger partial charge in [0.05, 0.1) is 31.2 Å². The zero-order chi connectivity index (χ0) is 45.6. The van der Waals surface area contributed by atoms with Gasteiger partial charge < -0.3 is 20.1 Å². The highest BCUT2D eigenvalue weighted by Crippen LogP contribution is 2.56. The summed E-state index contributed by atoms with van der Waals surface area (Å²) in [6.45, 7) is 8.64. The molecule has 0 bridgehead atoms. The number of hydrogen-bond donors (Lipinski definition) is 2. The SMILES string of the molecule is CCCCCCCCOC(=O)[C@@H]1[C@H](C(=O)Nc2ccc(Cl)cc2)N2[C@H](c3ccc(C)cc3)[C@H](C(=O)Nc3ccc(Cl)cc3)[C@H](C(=O)OCCCCCCCC)N2[C@H]1c1ccc(C)cc1. The van der Waals surface area contributed by atoms with E-state index in [2.05, 4.69) is 24.5 Å². The summed E-state index contributed by atoms with van der Waals surface area (Å²) in [4.78, 5) is 60.4. The van der Waals surface area contributed by atoms with Crippen LogP contribution in [0.1, 0.15) is 125 Å². The van der Waals surface area contributed by atoms with Crippen molar-refractivity contribution in [2.24, 2.45) is 11.8 Å². The van der Waals surface area contributed by atoms with Crippen molar-refractivity contribution in [3.63, 3.8) is 0 Å². The number of halogens is 2. The Balaban J connectivity index is 1.50. The maximum absolute atomic E-state index is 15.2. The summed E-state index contributed by atoms with van der Waals surface area (Å²) in [6.07, 6.45) is 12.0. The third kappa shape index (κ3) is 12.3. The molecule has 0 radical (unpaired) electrons. The highest BCUT2D eigenvalue weighted by Gasteiger charge is 2.68. The Morgan fingerprint density at radius 2 is 0.875 bits per heavy atom. The lowest BCUT2D eigenvalue weighted by Crippen LogP contribution is -2.48. The van der Waals surface area contributed by atoms with E-state index in [4.69, 9.17) is 32.7 Å². The number of esters is 2. The third-order valence-corrected chi connectivity index (χ3v) is 12.9. The van der Waals surface area contributed by atoms with Crippen LogP contribution < -0.4 is 10.6 Å². The van der Waals surface area contributed by atoms with Crippen LogP contribution in [-0.4, -0.2) is 59.1 Å². The van der Waals surface area contributed by atoms with E-state index in [1.807, 2.05) is 62.4 Å². The van der Waals surface area contributed by atoms with Crippen LogP contribution in [0.15, 0.2) is 97.1 Å². The van der Waals surface area contributed by atoms with E-state index in [1.165, 1.54) is 0 Å². The van der Waals surface area contributed by atoms with Gasteiger partial charge in [0.15, 0.2) is 0 Å². The van der Waals surface area contributed by atoms with Crippen molar-refractivity contribution in [2.45, 2.75) is 129 Å². The summed E-state index contributed by atoms with van der Waals surface area (Å²) in [5.74, 6) is -4.37. The van der Waals surface area contributed by atoms with Crippen LogP contribution in [0.5, 0.6) is 0 Å². The molecule has 2 amide bonds. The Morgan fingerprint density at radius 3 is 1.34 bits per heavy atom. The molecule has 0 aromatic heterocycles. The van der Waals surface area contributed by atoms with Gasteiger partial charge in [-0.25, -0.2) is 10.0 Å². The molecule has 342 valence electrons. The Hall–Kier alpha value is -4.74. The Morgan fingerprint density at radius 1 is 0.484 bits per heavy atom. The molecule has 2 saturated heterocycles. The average molecular weight is 912 g/mol. The number of benzene rings is 4. The molecule has 2 aliphatic heterocycles. The molecule has 0 unspecified atom stereocenters. The second-order valence-corrected chi connectivity index (χ2v) is 18.1. The number of hydrazine groups is 1. The number of carbonyl (C=O) groups excluding carboxylic acids is 4. The number of fused-ring (bicyclic) bond motifs is 1. The van der Waals surface area contributed by atoms with E-state index in [0.717, 1.165) is 75.3 Å². The molecule has 64 heavy (non-hydrogen) atoms. The first-order chi connectivity index (χ1) is 31.0. The van der Waals surface area contributed by atoms with E-state index in [1.54, 1.807) is 58.5 Å². The molecule has 2 aliphatic rings. The molecule has 0 aliphatic carbocycles. The molecule has 10 nitrogen and oxygen atoms in total. The topological polar surface area (TPSA) is 117 Å². The molecule has 4 aromatic carbocycles. The summed E-state index contributed by atoms with van der Waals surface area (Å²) in [6, 6.07) is 24.7. The Labute approximate surface area is 389 Å². The molecule has 2 fully saturated rings. The molecular weight excluding hydrogens is 847 g/mol. The minimum atomic E-state index is -1.26. The van der Waals surface area contributed by atoms with Crippen molar-refractivity contribution >= 4 is 58.3 Å². The van der Waals surface area contributed by atoms with Gasteiger partial charge in [0, 0.05) is 21.4 Å². The van der Waals surface area contributed by atoms with Crippen molar-refractivity contribution in [2.75, 3.05) is 23.8 Å². The predicted octanol–water partition coefficient (Wildman–Crippen LogP) is 12.0. The highest BCUT2D eigenvalue weighted by atomic mass is 35.5. The number of hydrogen-bond acceptors (Lipinski definition) is 8. The van der Waals surface area contributed by atoms with Crippen molar-refractivity contribution in [1.82, 2.24) is 10.0 Å². The minimum Gasteiger partial charge on any atom is -0.465 e. The summed E-state index contributed by atoms with van der Waals surface area (Å²) in [5.41, 5.74) is 4.31. The molecule has 4 aromatic rings. The monoisotopic (exact) mass is 910 g/mol. The molecule has 6 rings (SSSR count). The number of rotatable bonds is 22. The maximum Gasteiger partial charge on any atom is 0.325 e. The van der Waals surface area contributed by atoms with Crippen molar-refractivity contribution in [3.05, 3.63) is 129 Å². The number of ether oxygens (including phenoxy) is 2. The Bertz CT molecular complexity index is 2130. The number of unbranched alkanes of at least 4 members (excludes halogenated alkanes) is 10. The van der Waals surface area contributed by atoms with Crippen LogP contribution in [0.3, 0.4) is 0 Å². The Kier molecular flexibility index (Phi) is 18.2. The lowest BCUT2D eigenvalue weighted by atomic mass is 9.81. The van der Waals surface area contributed by atoms with Gasteiger partial charge in [-0.2, -0.15) is 0 Å². The van der Waals surface area contributed by atoms with Crippen LogP contribution in [0.2, 0.25) is 10.0 Å². The number of nitrogens with zero attached hydrogens (tertiary/aromatic N) is 2. The number of aryl methyl sites for hydroxylation is 2. The second kappa shape index (κ2) is 24.0. The van der Waals surface area contributed by atoms with Crippen LogP contribution in [0.4, 0.5) is 11.4 Å². The molecule has 0 spiro atoms. The molecule has 6 atom stereocenters. The summed E-state index contributed by atoms with van der Waals surface area (Å²) in [5, 5.41) is 10.7. The number of amides is 2. The van der Waals surface area contributed by atoms with E-state index in [-0.39, 0.29) is 13.2 Å². The van der Waals surface area contributed by atoms with Gasteiger partial charge in [-0.05, 0) is 86.3 Å². The standard InChI is InChI=1S/C52H64Cl2N4O6/c1-5-7-9-11-13-15-33-63-51(61)44-46(38-23-19-36(4)20-24-38)58-48(52(62)64-34-16-14-12-10-8-6-2)43(49(59)55-41-29-25-39(53)26-30-41)45(37-21-17-35(3)18-22-37)57(58)47(44)50(60)56-42-31-27-40(54)28-32-42/h17-32,43-48H,5-16,33-34H2,1-4H3,(H,55,59)(H,56,60)/t43-,44-,45+,46-,47+,48+/m0/s1. The van der Waals surface area contributed by atoms with Crippen LogP contribution >= 0.6 is 23.2 Å². The summed E-state index contributed by atoms with van der Waals surface area (Å²) >= 11 is 12.5. The van der Waals surface area contributed by atoms with Gasteiger partial charge >= 0.3 is 11.9 Å². The van der Waals surface area contributed by atoms with E-state index >= 15 is 14.4 Å². The number of carbonyl (C=O) groups is 4. The van der Waals surface area contributed by atoms with Crippen molar-refractivity contribution in [1.29, 1.82) is 0 Å². The average Bonchev–Trinajstić information content (AvgIpc) is 3.81.